The number of ether oxygens (including phenoxy) is 1. The van der Waals surface area contributed by atoms with Crippen LogP contribution in [0.5, 0.6) is 0 Å². The predicted octanol–water partition coefficient (Wildman–Crippen LogP) is 12.5. The second-order valence-electron chi connectivity index (χ2n) is 15.6. The Bertz CT molecular complexity index is 2380. The highest BCUT2D eigenvalue weighted by Crippen LogP contribution is 2.57. The molecule has 2 aromatic carbocycles. The Morgan fingerprint density at radius 3 is 2.52 bits per heavy atom. The Morgan fingerprint density at radius 2 is 1.75 bits per heavy atom. The first-order valence-electron chi connectivity index (χ1n) is 21.1. The van der Waals surface area contributed by atoms with Crippen LogP contribution in [0.1, 0.15) is 50.2 Å². The van der Waals surface area contributed by atoms with Crippen LogP contribution in [0, 0.1) is 17.8 Å². The maximum atomic E-state index is 6.92. The highest BCUT2D eigenvalue weighted by molar-refractivity contribution is 6.08. The molecule has 2 aromatic rings. The van der Waals surface area contributed by atoms with E-state index in [2.05, 4.69) is 129 Å². The van der Waals surface area contributed by atoms with E-state index >= 15 is 0 Å². The van der Waals surface area contributed by atoms with Gasteiger partial charge in [-0.2, -0.15) is 0 Å². The number of nitrogens with two attached hydrogens (primary N) is 1. The quantitative estimate of drug-likeness (QED) is 0.0950. The number of hydrogen-bond acceptors (Lipinski definition) is 3. The number of rotatable bonds is 13. The summed E-state index contributed by atoms with van der Waals surface area (Å²) in [6.07, 6.45) is 45.9. The number of allylic oxidation sites excluding steroid dienone is 18. The van der Waals surface area contributed by atoms with Crippen molar-refractivity contribution < 1.29 is 4.74 Å². The standard InChI is InChI=1S/C55H56N4O/c1-5-8-10-12-20-41(7-3)36-40(4)54(56)59-53(27-13-11-9-6-2)58-39-42-21-18-33-55(48-25-16-14-23-46(48)47-24-15-17-26-49(47)55)50-31-30-45(38-52(50)60-35-32-42)44-29-28-43-22-19-34-57-51(43)37-44/h5-19,21-27,29,31-32,34,37-38,41,43,45H,2-4,20,28,30,33,35-36,39H2,1H3,(H2,56,58,59)/b8-5-,11-9-,12-10-,21-18-,27-13+,42-32+. The number of dihydropyridines is 1. The average Bonchev–Trinajstić information content (AvgIpc) is 3.57. The predicted molar refractivity (Wildman–Crippen MR) is 255 cm³/mol. The maximum Gasteiger partial charge on any atom is 0.149 e. The summed E-state index contributed by atoms with van der Waals surface area (Å²) >= 11 is 0. The van der Waals surface area contributed by atoms with Crippen molar-refractivity contribution in [3.63, 3.8) is 0 Å². The van der Waals surface area contributed by atoms with E-state index in [9.17, 15) is 0 Å². The third kappa shape index (κ3) is 9.32. The molecule has 5 aliphatic rings. The van der Waals surface area contributed by atoms with E-state index in [1.165, 1.54) is 33.4 Å². The highest BCUT2D eigenvalue weighted by atomic mass is 16.5. The molecule has 0 fully saturated rings. The number of nitrogens with zero attached hydrogens (tertiary/aromatic N) is 3. The van der Waals surface area contributed by atoms with Crippen molar-refractivity contribution in [3.8, 4) is 11.1 Å². The van der Waals surface area contributed by atoms with E-state index in [-0.39, 0.29) is 11.8 Å². The van der Waals surface area contributed by atoms with E-state index < -0.39 is 5.41 Å². The molecule has 0 aromatic heterocycles. The fourth-order valence-electron chi connectivity index (χ4n) is 8.70. The molecule has 3 aliphatic carbocycles. The fourth-order valence-corrected chi connectivity index (χ4v) is 8.70. The van der Waals surface area contributed by atoms with Gasteiger partial charge in [-0.05, 0) is 114 Å². The third-order valence-corrected chi connectivity index (χ3v) is 11.8. The minimum atomic E-state index is -0.425. The molecule has 1 spiro atoms. The first kappa shape index (κ1) is 41.6. The Labute approximate surface area is 357 Å². The van der Waals surface area contributed by atoms with Crippen LogP contribution < -0.4 is 5.73 Å². The van der Waals surface area contributed by atoms with Gasteiger partial charge >= 0.3 is 0 Å². The van der Waals surface area contributed by atoms with Gasteiger partial charge in [0.2, 0.25) is 0 Å². The summed E-state index contributed by atoms with van der Waals surface area (Å²) in [5.41, 5.74) is 16.8. The molecule has 0 saturated heterocycles. The lowest BCUT2D eigenvalue weighted by Gasteiger charge is -2.38. The maximum absolute atomic E-state index is 6.92. The van der Waals surface area contributed by atoms with Crippen molar-refractivity contribution >= 4 is 17.9 Å². The zero-order chi connectivity index (χ0) is 41.7. The fraction of sp³-hybridized carbons (Fsp3) is 0.218. The second-order valence-corrected chi connectivity index (χ2v) is 15.6. The molecular weight excluding hydrogens is 733 g/mol. The smallest absolute Gasteiger partial charge is 0.149 e. The molecule has 5 heteroatoms. The van der Waals surface area contributed by atoms with Crippen LogP contribution >= 0.6 is 0 Å². The molecule has 0 saturated carbocycles. The summed E-state index contributed by atoms with van der Waals surface area (Å²) in [5.74, 6) is 2.53. The van der Waals surface area contributed by atoms with Crippen molar-refractivity contribution in [3.05, 3.63) is 229 Å². The van der Waals surface area contributed by atoms with Gasteiger partial charge in [-0.25, -0.2) is 4.99 Å². The molecule has 5 nitrogen and oxygen atoms in total. The largest absolute Gasteiger partial charge is 0.490 e. The lowest BCUT2D eigenvalue weighted by Crippen LogP contribution is -2.31. The summed E-state index contributed by atoms with van der Waals surface area (Å²) in [5, 5.41) is 0. The lowest BCUT2D eigenvalue weighted by atomic mass is 9.66. The number of hydrogen-bond donors (Lipinski definition) is 1. The Hall–Kier alpha value is -6.59. The van der Waals surface area contributed by atoms with Crippen LogP contribution in [0.4, 0.5) is 0 Å². The molecule has 0 bridgehead atoms. The summed E-state index contributed by atoms with van der Waals surface area (Å²) in [4.78, 5) is 14.5. The van der Waals surface area contributed by atoms with Crippen LogP contribution in [-0.4, -0.2) is 31.0 Å². The number of benzene rings is 2. The van der Waals surface area contributed by atoms with E-state index in [1.54, 1.807) is 6.08 Å². The number of fused-ring (bicyclic) bond motifs is 8. The molecule has 7 rings (SSSR count). The summed E-state index contributed by atoms with van der Waals surface area (Å²) in [6, 6.07) is 17.8. The van der Waals surface area contributed by atoms with Gasteiger partial charge in [0.15, 0.2) is 0 Å². The van der Waals surface area contributed by atoms with Crippen molar-refractivity contribution in [1.29, 1.82) is 0 Å². The molecule has 0 amide bonds. The molecule has 2 N–H and O–H groups in total. The topological polar surface area (TPSA) is 72.3 Å². The Morgan fingerprint density at radius 1 is 0.967 bits per heavy atom. The first-order chi connectivity index (χ1) is 29.4. The normalized spacial score (nSPS) is 22.8. The minimum Gasteiger partial charge on any atom is -0.490 e. The molecule has 60 heavy (non-hydrogen) atoms. The van der Waals surface area contributed by atoms with Gasteiger partial charge in [-0.3, -0.25) is 9.98 Å². The monoisotopic (exact) mass is 788 g/mol. The van der Waals surface area contributed by atoms with Gasteiger partial charge in [0.05, 0.1) is 12.0 Å². The van der Waals surface area contributed by atoms with Crippen molar-refractivity contribution in [1.82, 2.24) is 0 Å². The first-order valence-corrected chi connectivity index (χ1v) is 21.1. The third-order valence-electron chi connectivity index (χ3n) is 11.8. The van der Waals surface area contributed by atoms with Crippen LogP contribution in [0.3, 0.4) is 0 Å². The van der Waals surface area contributed by atoms with E-state index in [1.807, 2.05) is 61.7 Å². The van der Waals surface area contributed by atoms with Crippen molar-refractivity contribution in [2.75, 3.05) is 13.2 Å². The van der Waals surface area contributed by atoms with Crippen LogP contribution in [0.2, 0.25) is 0 Å². The SMILES string of the molecule is C=C/C=C\C=C\C(=NCC1=C/COC2=CC(C3=CCC4C=CC=NC4=C3)CC=C2C2(C/C=C\1)c1ccccc1-c1ccccc12)N=C(N)C(=C)CC(C=C)C/C=C\C=C/C. The molecule has 302 valence electrons. The van der Waals surface area contributed by atoms with E-state index in [0.29, 0.717) is 37.2 Å². The molecule has 2 heterocycles. The van der Waals surface area contributed by atoms with Gasteiger partial charge in [0, 0.05) is 29.3 Å². The second kappa shape index (κ2) is 19.9. The summed E-state index contributed by atoms with van der Waals surface area (Å²) in [7, 11) is 0. The van der Waals surface area contributed by atoms with Gasteiger partial charge in [-0.15, -0.1) is 6.58 Å². The van der Waals surface area contributed by atoms with Gasteiger partial charge in [0.25, 0.3) is 0 Å². The molecule has 3 atom stereocenters. The molecular formula is C55H56N4O. The number of aliphatic imine (C=N–C) groups is 3. The van der Waals surface area contributed by atoms with Crippen LogP contribution in [0.25, 0.3) is 11.1 Å². The van der Waals surface area contributed by atoms with Crippen LogP contribution in [0.15, 0.2) is 232 Å². The molecule has 2 aliphatic heterocycles. The Balaban J connectivity index is 1.21. The highest BCUT2D eigenvalue weighted by Gasteiger charge is 2.47. The molecule has 3 unspecified atom stereocenters. The Kier molecular flexibility index (Phi) is 13.8. The van der Waals surface area contributed by atoms with Crippen molar-refractivity contribution in [2.24, 2.45) is 38.5 Å². The van der Waals surface area contributed by atoms with Gasteiger partial charge < -0.3 is 10.5 Å². The summed E-state index contributed by atoms with van der Waals surface area (Å²) in [6.45, 7) is 14.9. The number of amidine groups is 2. The van der Waals surface area contributed by atoms with E-state index in [0.717, 1.165) is 48.3 Å². The molecule has 0 radical (unpaired) electrons. The average molecular weight is 789 g/mol. The van der Waals surface area contributed by atoms with E-state index in [4.69, 9.17) is 25.4 Å². The van der Waals surface area contributed by atoms with Crippen LogP contribution in [-0.2, 0) is 10.2 Å². The zero-order valence-corrected chi connectivity index (χ0v) is 34.8. The van der Waals surface area contributed by atoms with Gasteiger partial charge in [0.1, 0.15) is 24.0 Å². The lowest BCUT2D eigenvalue weighted by molar-refractivity contribution is 0.242. The minimum absolute atomic E-state index is 0.188. The zero-order valence-electron chi connectivity index (χ0n) is 34.8. The van der Waals surface area contributed by atoms with Gasteiger partial charge in [-0.1, -0.05) is 147 Å². The summed E-state index contributed by atoms with van der Waals surface area (Å²) < 4.78 is 6.92. The van der Waals surface area contributed by atoms with Crippen molar-refractivity contribution in [2.45, 2.75) is 44.4 Å².